The first kappa shape index (κ1) is 21.2. The van der Waals surface area contributed by atoms with Crippen LogP contribution >= 0.6 is 11.3 Å². The zero-order chi connectivity index (χ0) is 22.1. The van der Waals surface area contributed by atoms with Gasteiger partial charge in [0.2, 0.25) is 15.9 Å². The summed E-state index contributed by atoms with van der Waals surface area (Å²) in [6.45, 7) is 2.14. The van der Waals surface area contributed by atoms with Crippen molar-refractivity contribution < 1.29 is 22.7 Å². The maximum absolute atomic E-state index is 13.1. The average molecular weight is 474 g/mol. The molecule has 1 amide bonds. The van der Waals surface area contributed by atoms with E-state index in [1.807, 2.05) is 24.3 Å². The van der Waals surface area contributed by atoms with Gasteiger partial charge in [0, 0.05) is 45.1 Å². The number of aryl methyl sites for hydroxylation is 1. The molecule has 0 spiro atoms. The van der Waals surface area contributed by atoms with Crippen LogP contribution in [0, 0.1) is 0 Å². The van der Waals surface area contributed by atoms with Crippen LogP contribution in [0.3, 0.4) is 0 Å². The van der Waals surface area contributed by atoms with Gasteiger partial charge in [-0.15, -0.1) is 11.3 Å². The van der Waals surface area contributed by atoms with Crippen LogP contribution in [0.1, 0.15) is 11.4 Å². The fourth-order valence-electron chi connectivity index (χ4n) is 3.91. The van der Waals surface area contributed by atoms with Gasteiger partial charge in [0.25, 0.3) is 0 Å². The summed E-state index contributed by atoms with van der Waals surface area (Å²) in [7, 11) is -3.66. The molecule has 168 valence electrons. The fourth-order valence-corrected chi connectivity index (χ4v) is 6.31. The number of aromatic nitrogens is 1. The Kier molecular flexibility index (Phi) is 5.75. The Balaban J connectivity index is 1.18. The number of fused-ring (bicyclic) bond motifs is 2. The van der Waals surface area contributed by atoms with Gasteiger partial charge in [0.1, 0.15) is 13.2 Å². The summed E-state index contributed by atoms with van der Waals surface area (Å²) in [5.74, 6) is 1.03. The second kappa shape index (κ2) is 8.68. The molecule has 8 nitrogen and oxygen atoms in total. The highest BCUT2D eigenvalue weighted by Gasteiger charge is 2.31. The summed E-state index contributed by atoms with van der Waals surface area (Å²) < 4.78 is 39.7. The number of rotatable bonds is 5. The first-order chi connectivity index (χ1) is 15.5. The Hall–Kier alpha value is -2.69. The monoisotopic (exact) mass is 473 g/mol. The zero-order valence-electron chi connectivity index (χ0n) is 17.4. The molecule has 0 radical (unpaired) electrons. The number of benzene rings is 2. The van der Waals surface area contributed by atoms with Crippen molar-refractivity contribution >= 4 is 37.5 Å². The molecular formula is C22H23N3O5S2. The molecule has 10 heteroatoms. The van der Waals surface area contributed by atoms with E-state index < -0.39 is 10.0 Å². The Morgan fingerprint density at radius 1 is 1.00 bits per heavy atom. The van der Waals surface area contributed by atoms with Gasteiger partial charge in [0.15, 0.2) is 11.5 Å². The molecular weight excluding hydrogens is 450 g/mol. The van der Waals surface area contributed by atoms with Crippen LogP contribution in [0.5, 0.6) is 11.5 Å². The number of carbonyl (C=O) groups is 1. The summed E-state index contributed by atoms with van der Waals surface area (Å²) in [6, 6.07) is 12.6. The molecule has 0 unspecified atom stereocenters. The number of hydrogen-bond acceptors (Lipinski definition) is 7. The second-order valence-electron chi connectivity index (χ2n) is 7.67. The van der Waals surface area contributed by atoms with Gasteiger partial charge in [-0.2, -0.15) is 4.31 Å². The Bertz CT molecular complexity index is 1220. The van der Waals surface area contributed by atoms with Gasteiger partial charge in [-0.3, -0.25) is 4.79 Å². The lowest BCUT2D eigenvalue weighted by molar-refractivity contribution is -0.132. The van der Waals surface area contributed by atoms with Crippen molar-refractivity contribution in [2.75, 3.05) is 39.4 Å². The predicted molar refractivity (Wildman–Crippen MR) is 121 cm³/mol. The lowest BCUT2D eigenvalue weighted by Crippen LogP contribution is -2.50. The topological polar surface area (TPSA) is 89.0 Å². The summed E-state index contributed by atoms with van der Waals surface area (Å²) in [6.07, 6.45) is 0.961. The van der Waals surface area contributed by atoms with Crippen molar-refractivity contribution in [3.05, 3.63) is 47.5 Å². The molecule has 0 bridgehead atoms. The summed E-state index contributed by atoms with van der Waals surface area (Å²) in [4.78, 5) is 19.2. The molecule has 2 aromatic carbocycles. The summed E-state index contributed by atoms with van der Waals surface area (Å²) >= 11 is 1.61. The molecule has 0 aliphatic carbocycles. The van der Waals surface area contributed by atoms with Crippen LogP contribution in [0.15, 0.2) is 47.4 Å². The second-order valence-corrected chi connectivity index (χ2v) is 10.7. The van der Waals surface area contributed by atoms with Crippen LogP contribution in [-0.2, 0) is 21.2 Å². The van der Waals surface area contributed by atoms with E-state index in [1.165, 1.54) is 10.4 Å². The van der Waals surface area contributed by atoms with Gasteiger partial charge < -0.3 is 14.4 Å². The van der Waals surface area contributed by atoms with Crippen molar-refractivity contribution in [2.24, 2.45) is 0 Å². The van der Waals surface area contributed by atoms with E-state index in [-0.39, 0.29) is 23.9 Å². The molecule has 0 saturated carbocycles. The number of sulfonamides is 1. The quantitative estimate of drug-likeness (QED) is 0.566. The number of piperazine rings is 1. The average Bonchev–Trinajstić information content (AvgIpc) is 3.25. The van der Waals surface area contributed by atoms with Gasteiger partial charge >= 0.3 is 0 Å². The first-order valence-electron chi connectivity index (χ1n) is 10.5. The summed E-state index contributed by atoms with van der Waals surface area (Å²) in [5, 5.41) is 0.944. The van der Waals surface area contributed by atoms with Crippen molar-refractivity contribution in [3.8, 4) is 11.5 Å². The van der Waals surface area contributed by atoms with Crippen molar-refractivity contribution in [1.29, 1.82) is 0 Å². The zero-order valence-corrected chi connectivity index (χ0v) is 19.0. The number of carbonyl (C=O) groups excluding carboxylic acids is 1. The van der Waals surface area contributed by atoms with Crippen LogP contribution in [0.2, 0.25) is 0 Å². The smallest absolute Gasteiger partial charge is 0.243 e. The lowest BCUT2D eigenvalue weighted by atomic mass is 10.2. The Morgan fingerprint density at radius 3 is 2.53 bits per heavy atom. The minimum Gasteiger partial charge on any atom is -0.486 e. The molecule has 3 heterocycles. The summed E-state index contributed by atoms with van der Waals surface area (Å²) in [5.41, 5.74) is 0.956. The van der Waals surface area contributed by atoms with E-state index in [0.29, 0.717) is 50.6 Å². The number of para-hydroxylation sites is 1. The molecule has 2 aliphatic heterocycles. The maximum Gasteiger partial charge on any atom is 0.243 e. The van der Waals surface area contributed by atoms with E-state index in [1.54, 1.807) is 28.4 Å². The highest BCUT2D eigenvalue weighted by molar-refractivity contribution is 7.89. The third kappa shape index (κ3) is 4.17. The van der Waals surface area contributed by atoms with Crippen LogP contribution in [0.25, 0.3) is 10.2 Å². The van der Waals surface area contributed by atoms with Gasteiger partial charge in [0.05, 0.1) is 20.1 Å². The molecule has 32 heavy (non-hydrogen) atoms. The molecule has 2 aliphatic rings. The number of nitrogens with zero attached hydrogens (tertiary/aromatic N) is 3. The van der Waals surface area contributed by atoms with E-state index >= 15 is 0 Å². The van der Waals surface area contributed by atoms with Crippen LogP contribution < -0.4 is 9.47 Å². The number of ether oxygens (including phenoxy) is 2. The van der Waals surface area contributed by atoms with Crippen molar-refractivity contribution in [2.45, 2.75) is 17.7 Å². The van der Waals surface area contributed by atoms with Crippen LogP contribution in [0.4, 0.5) is 0 Å². The minimum absolute atomic E-state index is 0.0284. The molecule has 3 aromatic rings. The van der Waals surface area contributed by atoms with Crippen LogP contribution in [-0.4, -0.2) is 67.9 Å². The standard InChI is InChI=1S/C22H23N3O5S2/c26-22(8-7-21-23-17-3-1-2-4-20(17)31-21)24-9-11-25(12-10-24)32(27,28)16-5-6-18-19(15-16)30-14-13-29-18/h1-6,15H,7-14H2. The van der Waals surface area contributed by atoms with Crippen molar-refractivity contribution in [1.82, 2.24) is 14.2 Å². The van der Waals surface area contributed by atoms with Gasteiger partial charge in [-0.05, 0) is 24.3 Å². The Labute approximate surface area is 190 Å². The van der Waals surface area contributed by atoms with E-state index in [9.17, 15) is 13.2 Å². The lowest BCUT2D eigenvalue weighted by Gasteiger charge is -2.34. The van der Waals surface area contributed by atoms with E-state index in [0.717, 1.165) is 15.2 Å². The highest BCUT2D eigenvalue weighted by atomic mass is 32.2. The molecule has 1 saturated heterocycles. The number of hydrogen-bond donors (Lipinski definition) is 0. The number of amides is 1. The maximum atomic E-state index is 13.1. The molecule has 0 atom stereocenters. The fraction of sp³-hybridized carbons (Fsp3) is 0.364. The SMILES string of the molecule is O=C(CCc1nc2ccccc2s1)N1CCN(S(=O)(=O)c2ccc3c(c2)OCCO3)CC1. The first-order valence-corrected chi connectivity index (χ1v) is 12.8. The highest BCUT2D eigenvalue weighted by Crippen LogP contribution is 2.33. The third-order valence-electron chi connectivity index (χ3n) is 5.63. The molecule has 5 rings (SSSR count). The predicted octanol–water partition coefficient (Wildman–Crippen LogP) is 2.53. The van der Waals surface area contributed by atoms with Gasteiger partial charge in [-0.25, -0.2) is 13.4 Å². The molecule has 1 fully saturated rings. The third-order valence-corrected chi connectivity index (χ3v) is 8.62. The van der Waals surface area contributed by atoms with Crippen molar-refractivity contribution in [3.63, 3.8) is 0 Å². The Morgan fingerprint density at radius 2 is 1.75 bits per heavy atom. The molecule has 1 aromatic heterocycles. The minimum atomic E-state index is -3.66. The number of thiazole rings is 1. The normalized spacial score (nSPS) is 16.9. The van der Waals surface area contributed by atoms with E-state index in [4.69, 9.17) is 9.47 Å². The van der Waals surface area contributed by atoms with Gasteiger partial charge in [-0.1, -0.05) is 12.1 Å². The largest absolute Gasteiger partial charge is 0.486 e. The van der Waals surface area contributed by atoms with E-state index in [2.05, 4.69) is 4.98 Å². The molecule has 0 N–H and O–H groups in total.